The van der Waals surface area contributed by atoms with Crippen LogP contribution < -0.4 is 5.73 Å². The van der Waals surface area contributed by atoms with Gasteiger partial charge in [-0.15, -0.1) is 0 Å². The lowest BCUT2D eigenvalue weighted by Crippen LogP contribution is -2.50. The third-order valence-electron chi connectivity index (χ3n) is 3.75. The number of nitrogens with two attached hydrogens (primary N) is 1. The van der Waals surface area contributed by atoms with E-state index in [-0.39, 0.29) is 19.0 Å². The van der Waals surface area contributed by atoms with Crippen LogP contribution in [-0.4, -0.2) is 61.1 Å². The second kappa shape index (κ2) is 6.07. The molecule has 0 bridgehead atoms. The molecule has 4 N–H and O–H groups in total. The molecule has 1 aliphatic heterocycles. The highest BCUT2D eigenvalue weighted by molar-refractivity contribution is 5.81. The summed E-state index contributed by atoms with van der Waals surface area (Å²) in [5.41, 5.74) is 6.45. The van der Waals surface area contributed by atoms with Crippen LogP contribution in [0.3, 0.4) is 0 Å². The van der Waals surface area contributed by atoms with Crippen LogP contribution in [0.25, 0.3) is 11.2 Å². The SMILES string of the molecule is CCOC(=O)C1COC(n2cnc3c(N)ncnc32)C(O)C1O. The number of rotatable bonds is 3. The second-order valence-electron chi connectivity index (χ2n) is 5.15. The highest BCUT2D eigenvalue weighted by Crippen LogP contribution is 2.30. The fourth-order valence-electron chi connectivity index (χ4n) is 2.56. The summed E-state index contributed by atoms with van der Waals surface area (Å²) >= 11 is 0. The Kier molecular flexibility index (Phi) is 4.11. The number of carbonyl (C=O) groups is 1. The van der Waals surface area contributed by atoms with E-state index in [1.165, 1.54) is 17.2 Å². The summed E-state index contributed by atoms with van der Waals surface area (Å²) in [6, 6.07) is 0. The van der Waals surface area contributed by atoms with Crippen molar-refractivity contribution in [3.63, 3.8) is 0 Å². The monoisotopic (exact) mass is 323 g/mol. The van der Waals surface area contributed by atoms with Gasteiger partial charge in [0.2, 0.25) is 0 Å². The Morgan fingerprint density at radius 1 is 1.43 bits per heavy atom. The molecule has 4 atom stereocenters. The van der Waals surface area contributed by atoms with Gasteiger partial charge in [0, 0.05) is 0 Å². The molecule has 3 heterocycles. The molecular weight excluding hydrogens is 306 g/mol. The fourth-order valence-corrected chi connectivity index (χ4v) is 2.56. The average Bonchev–Trinajstić information content (AvgIpc) is 2.95. The van der Waals surface area contributed by atoms with Crippen molar-refractivity contribution in [2.75, 3.05) is 18.9 Å². The van der Waals surface area contributed by atoms with Gasteiger partial charge in [-0.05, 0) is 6.92 Å². The van der Waals surface area contributed by atoms with E-state index in [0.717, 1.165) is 0 Å². The molecule has 124 valence electrons. The zero-order valence-electron chi connectivity index (χ0n) is 12.4. The van der Waals surface area contributed by atoms with E-state index in [0.29, 0.717) is 11.2 Å². The van der Waals surface area contributed by atoms with Gasteiger partial charge in [0.25, 0.3) is 0 Å². The lowest BCUT2D eigenvalue weighted by atomic mass is 9.95. The first-order valence-electron chi connectivity index (χ1n) is 7.12. The minimum Gasteiger partial charge on any atom is -0.466 e. The van der Waals surface area contributed by atoms with Gasteiger partial charge in [-0.3, -0.25) is 9.36 Å². The number of nitrogen functional groups attached to an aromatic ring is 1. The molecule has 1 saturated heterocycles. The quantitative estimate of drug-likeness (QED) is 0.595. The average molecular weight is 323 g/mol. The Morgan fingerprint density at radius 2 is 2.22 bits per heavy atom. The van der Waals surface area contributed by atoms with E-state index in [1.807, 2.05) is 0 Å². The molecule has 0 radical (unpaired) electrons. The van der Waals surface area contributed by atoms with Crippen LogP contribution in [0, 0.1) is 5.92 Å². The Labute approximate surface area is 130 Å². The summed E-state index contributed by atoms with van der Waals surface area (Å²) < 4.78 is 11.9. The maximum atomic E-state index is 11.8. The van der Waals surface area contributed by atoms with E-state index in [9.17, 15) is 15.0 Å². The summed E-state index contributed by atoms with van der Waals surface area (Å²) in [4.78, 5) is 23.8. The zero-order chi connectivity index (χ0) is 16.6. The van der Waals surface area contributed by atoms with Crippen molar-refractivity contribution in [2.24, 2.45) is 5.92 Å². The molecule has 0 amide bonds. The topological polar surface area (TPSA) is 146 Å². The summed E-state index contributed by atoms with van der Waals surface area (Å²) in [7, 11) is 0. The van der Waals surface area contributed by atoms with E-state index in [1.54, 1.807) is 6.92 Å². The molecular formula is C13H17N5O5. The third kappa shape index (κ3) is 2.60. The molecule has 0 aliphatic carbocycles. The van der Waals surface area contributed by atoms with Crippen LogP contribution >= 0.6 is 0 Å². The molecule has 23 heavy (non-hydrogen) atoms. The van der Waals surface area contributed by atoms with Gasteiger partial charge >= 0.3 is 5.97 Å². The van der Waals surface area contributed by atoms with Crippen molar-refractivity contribution in [1.82, 2.24) is 19.5 Å². The van der Waals surface area contributed by atoms with Crippen molar-refractivity contribution in [3.05, 3.63) is 12.7 Å². The van der Waals surface area contributed by atoms with Gasteiger partial charge in [-0.1, -0.05) is 0 Å². The molecule has 1 aliphatic rings. The van der Waals surface area contributed by atoms with Gasteiger partial charge in [0.05, 0.1) is 25.6 Å². The number of aliphatic hydroxyl groups is 2. The third-order valence-corrected chi connectivity index (χ3v) is 3.75. The number of anilines is 1. The predicted octanol–water partition coefficient (Wildman–Crippen LogP) is -1.16. The van der Waals surface area contributed by atoms with Crippen LogP contribution in [0.4, 0.5) is 5.82 Å². The normalized spacial score (nSPS) is 28.0. The van der Waals surface area contributed by atoms with Crippen molar-refractivity contribution < 1.29 is 24.5 Å². The number of aliphatic hydroxyl groups excluding tert-OH is 2. The lowest BCUT2D eigenvalue weighted by Gasteiger charge is -2.36. The Bertz CT molecular complexity index is 720. The molecule has 3 rings (SSSR count). The summed E-state index contributed by atoms with van der Waals surface area (Å²) in [5.74, 6) is -1.36. The number of hydrogen-bond acceptors (Lipinski definition) is 9. The highest BCUT2D eigenvalue weighted by Gasteiger charge is 2.44. The number of imidazole rings is 1. The van der Waals surface area contributed by atoms with Crippen LogP contribution in [0.5, 0.6) is 0 Å². The van der Waals surface area contributed by atoms with E-state index in [4.69, 9.17) is 15.2 Å². The van der Waals surface area contributed by atoms with Crippen molar-refractivity contribution >= 4 is 23.0 Å². The summed E-state index contributed by atoms with van der Waals surface area (Å²) in [6.07, 6.45) is -0.977. The number of esters is 1. The number of fused-ring (bicyclic) bond motifs is 1. The Balaban J connectivity index is 1.87. The number of carbonyl (C=O) groups excluding carboxylic acids is 1. The Morgan fingerprint density at radius 3 is 2.96 bits per heavy atom. The smallest absolute Gasteiger partial charge is 0.314 e. The maximum Gasteiger partial charge on any atom is 0.314 e. The minimum atomic E-state index is -1.35. The van der Waals surface area contributed by atoms with E-state index >= 15 is 0 Å². The second-order valence-corrected chi connectivity index (χ2v) is 5.15. The molecule has 4 unspecified atom stereocenters. The van der Waals surface area contributed by atoms with Crippen LogP contribution in [-0.2, 0) is 14.3 Å². The maximum absolute atomic E-state index is 11.8. The van der Waals surface area contributed by atoms with Crippen molar-refractivity contribution in [3.8, 4) is 0 Å². The molecule has 10 nitrogen and oxygen atoms in total. The molecule has 10 heteroatoms. The van der Waals surface area contributed by atoms with Crippen LogP contribution in [0.2, 0.25) is 0 Å². The van der Waals surface area contributed by atoms with Crippen LogP contribution in [0.1, 0.15) is 13.2 Å². The van der Waals surface area contributed by atoms with Gasteiger partial charge in [-0.25, -0.2) is 15.0 Å². The van der Waals surface area contributed by atoms with Gasteiger partial charge in [-0.2, -0.15) is 0 Å². The first-order valence-corrected chi connectivity index (χ1v) is 7.12. The zero-order valence-corrected chi connectivity index (χ0v) is 12.4. The molecule has 0 saturated carbocycles. The molecule has 0 aromatic carbocycles. The number of aromatic nitrogens is 4. The van der Waals surface area contributed by atoms with Crippen LogP contribution in [0.15, 0.2) is 12.7 Å². The first-order chi connectivity index (χ1) is 11.0. The molecule has 0 spiro atoms. The lowest BCUT2D eigenvalue weighted by molar-refractivity contribution is -0.204. The number of ether oxygens (including phenoxy) is 2. The van der Waals surface area contributed by atoms with Crippen molar-refractivity contribution in [1.29, 1.82) is 0 Å². The first kappa shape index (κ1) is 15.6. The Hall–Kier alpha value is -2.30. The minimum absolute atomic E-state index is 0.0953. The van der Waals surface area contributed by atoms with Gasteiger partial charge < -0.3 is 25.4 Å². The summed E-state index contributed by atoms with van der Waals surface area (Å²) in [6.45, 7) is 1.75. The van der Waals surface area contributed by atoms with Gasteiger partial charge in [0.1, 0.15) is 23.9 Å². The standard InChI is InChI=1S/C13H17N5O5/c1-2-22-13(21)6-3-23-12(9(20)8(6)19)18-5-17-7-10(14)15-4-16-11(7)18/h4-6,8-9,12,19-20H,2-3H2,1H3,(H2,14,15,16). The van der Waals surface area contributed by atoms with Gasteiger partial charge in [0.15, 0.2) is 17.7 Å². The molecule has 2 aromatic heterocycles. The highest BCUT2D eigenvalue weighted by atomic mass is 16.5. The number of nitrogens with zero attached hydrogens (tertiary/aromatic N) is 4. The number of hydrogen-bond donors (Lipinski definition) is 3. The molecule has 2 aromatic rings. The molecule has 1 fully saturated rings. The van der Waals surface area contributed by atoms with E-state index in [2.05, 4.69) is 15.0 Å². The van der Waals surface area contributed by atoms with E-state index < -0.39 is 30.3 Å². The largest absolute Gasteiger partial charge is 0.466 e. The summed E-state index contributed by atoms with van der Waals surface area (Å²) in [5, 5.41) is 20.5. The predicted molar refractivity (Wildman–Crippen MR) is 76.9 cm³/mol. The fraction of sp³-hybridized carbons (Fsp3) is 0.538. The van der Waals surface area contributed by atoms with Crippen molar-refractivity contribution in [2.45, 2.75) is 25.4 Å².